The molecule has 0 aliphatic heterocycles. The Morgan fingerprint density at radius 1 is 0.964 bits per heavy atom. The smallest absolute Gasteiger partial charge is 0.338 e. The summed E-state index contributed by atoms with van der Waals surface area (Å²) in [6, 6.07) is 14.2. The number of anilines is 1. The molecule has 28 heavy (non-hydrogen) atoms. The Morgan fingerprint density at radius 3 is 2.29 bits per heavy atom. The van der Waals surface area contributed by atoms with Crippen molar-refractivity contribution in [1.29, 1.82) is 0 Å². The van der Waals surface area contributed by atoms with Gasteiger partial charge in [-0.3, -0.25) is 4.79 Å². The van der Waals surface area contributed by atoms with Crippen molar-refractivity contribution in [2.24, 2.45) is 0 Å². The Labute approximate surface area is 167 Å². The average molecular weight is 383 g/mol. The highest BCUT2D eigenvalue weighted by Crippen LogP contribution is 2.15. The summed E-state index contributed by atoms with van der Waals surface area (Å²) in [7, 11) is 0. The molecule has 5 nitrogen and oxygen atoms in total. The first-order valence-corrected chi connectivity index (χ1v) is 9.81. The van der Waals surface area contributed by atoms with Gasteiger partial charge in [0.05, 0.1) is 12.2 Å². The van der Waals surface area contributed by atoms with Crippen LogP contribution in [0.1, 0.15) is 55.5 Å². The molecule has 1 amide bonds. The SMILES string of the molecule is CCCCCCOc1ccc(C(=O)O[C@@H](C)C(=O)Nc2ccc(C)cc2)cc1. The first-order chi connectivity index (χ1) is 13.5. The second-order valence-electron chi connectivity index (χ2n) is 6.84. The van der Waals surface area contributed by atoms with Crippen LogP contribution in [0.2, 0.25) is 0 Å². The van der Waals surface area contributed by atoms with E-state index in [0.29, 0.717) is 17.9 Å². The van der Waals surface area contributed by atoms with E-state index in [1.54, 1.807) is 31.2 Å². The summed E-state index contributed by atoms with van der Waals surface area (Å²) in [6.07, 6.45) is 3.68. The topological polar surface area (TPSA) is 64.6 Å². The minimum absolute atomic E-state index is 0.371. The van der Waals surface area contributed by atoms with Gasteiger partial charge in [0, 0.05) is 5.69 Å². The number of rotatable bonds is 10. The number of amides is 1. The van der Waals surface area contributed by atoms with Crippen LogP contribution in [0.15, 0.2) is 48.5 Å². The van der Waals surface area contributed by atoms with Gasteiger partial charge in [0.25, 0.3) is 5.91 Å². The third kappa shape index (κ3) is 7.06. The van der Waals surface area contributed by atoms with Crippen LogP contribution in [0.3, 0.4) is 0 Å². The van der Waals surface area contributed by atoms with Gasteiger partial charge in [-0.25, -0.2) is 4.79 Å². The molecule has 0 aliphatic carbocycles. The van der Waals surface area contributed by atoms with Crippen molar-refractivity contribution in [1.82, 2.24) is 0 Å². The molecule has 1 atom stereocenters. The molecular formula is C23H29NO4. The molecule has 0 saturated carbocycles. The summed E-state index contributed by atoms with van der Waals surface area (Å²) in [5.74, 6) is -0.191. The third-order valence-corrected chi connectivity index (χ3v) is 4.33. The van der Waals surface area contributed by atoms with Gasteiger partial charge in [-0.05, 0) is 56.7 Å². The maximum absolute atomic E-state index is 12.3. The van der Waals surface area contributed by atoms with Crippen LogP contribution < -0.4 is 10.1 Å². The van der Waals surface area contributed by atoms with E-state index in [0.717, 1.165) is 24.2 Å². The molecule has 5 heteroatoms. The molecule has 150 valence electrons. The lowest BCUT2D eigenvalue weighted by molar-refractivity contribution is -0.123. The molecule has 0 aromatic heterocycles. The maximum atomic E-state index is 12.3. The Hall–Kier alpha value is -2.82. The van der Waals surface area contributed by atoms with Crippen LogP contribution in [0.5, 0.6) is 5.75 Å². The summed E-state index contributed by atoms with van der Waals surface area (Å²) in [5.41, 5.74) is 2.15. The summed E-state index contributed by atoms with van der Waals surface area (Å²) in [4.78, 5) is 24.5. The number of hydrogen-bond donors (Lipinski definition) is 1. The summed E-state index contributed by atoms with van der Waals surface area (Å²) < 4.78 is 10.9. The summed E-state index contributed by atoms with van der Waals surface area (Å²) in [5, 5.41) is 2.74. The van der Waals surface area contributed by atoms with Gasteiger partial charge >= 0.3 is 5.97 Å². The predicted molar refractivity (Wildman–Crippen MR) is 111 cm³/mol. The fourth-order valence-corrected chi connectivity index (χ4v) is 2.57. The molecule has 0 spiro atoms. The minimum Gasteiger partial charge on any atom is -0.494 e. The first kappa shape index (κ1) is 21.5. The predicted octanol–water partition coefficient (Wildman–Crippen LogP) is 5.14. The molecular weight excluding hydrogens is 354 g/mol. The number of carbonyl (C=O) groups excluding carboxylic acids is 2. The summed E-state index contributed by atoms with van der Waals surface area (Å²) >= 11 is 0. The number of ether oxygens (including phenoxy) is 2. The van der Waals surface area contributed by atoms with Crippen LogP contribution in [0, 0.1) is 6.92 Å². The zero-order chi connectivity index (χ0) is 20.4. The highest BCUT2D eigenvalue weighted by molar-refractivity contribution is 5.97. The molecule has 2 aromatic carbocycles. The van der Waals surface area contributed by atoms with E-state index in [1.165, 1.54) is 12.8 Å². The van der Waals surface area contributed by atoms with Gasteiger partial charge in [0.1, 0.15) is 5.75 Å². The molecule has 0 bridgehead atoms. The quantitative estimate of drug-likeness (QED) is 0.456. The molecule has 1 N–H and O–H groups in total. The van der Waals surface area contributed by atoms with E-state index in [1.807, 2.05) is 31.2 Å². The molecule has 0 fully saturated rings. The van der Waals surface area contributed by atoms with E-state index >= 15 is 0 Å². The van der Waals surface area contributed by atoms with E-state index in [2.05, 4.69) is 12.2 Å². The Balaban J connectivity index is 1.80. The number of hydrogen-bond acceptors (Lipinski definition) is 4. The largest absolute Gasteiger partial charge is 0.494 e. The van der Waals surface area contributed by atoms with E-state index < -0.39 is 12.1 Å². The molecule has 0 unspecified atom stereocenters. The van der Waals surface area contributed by atoms with Crippen molar-refractivity contribution in [2.75, 3.05) is 11.9 Å². The number of nitrogens with one attached hydrogen (secondary N) is 1. The van der Waals surface area contributed by atoms with Gasteiger partial charge < -0.3 is 14.8 Å². The lowest BCUT2D eigenvalue weighted by Gasteiger charge is -2.14. The zero-order valence-electron chi connectivity index (χ0n) is 16.9. The number of unbranched alkanes of at least 4 members (excludes halogenated alkanes) is 3. The summed E-state index contributed by atoms with van der Waals surface area (Å²) in [6.45, 7) is 6.36. The van der Waals surface area contributed by atoms with Crippen molar-refractivity contribution in [3.8, 4) is 5.75 Å². The van der Waals surface area contributed by atoms with Crippen molar-refractivity contribution in [2.45, 2.75) is 52.6 Å². The Morgan fingerprint density at radius 2 is 1.64 bits per heavy atom. The highest BCUT2D eigenvalue weighted by Gasteiger charge is 2.19. The molecule has 0 saturated heterocycles. The number of carbonyl (C=O) groups is 2. The van der Waals surface area contributed by atoms with Gasteiger partial charge in [-0.2, -0.15) is 0 Å². The van der Waals surface area contributed by atoms with E-state index in [9.17, 15) is 9.59 Å². The first-order valence-electron chi connectivity index (χ1n) is 9.81. The molecule has 2 rings (SSSR count). The Bertz CT molecular complexity index is 753. The molecule has 2 aromatic rings. The van der Waals surface area contributed by atoms with E-state index in [-0.39, 0.29) is 5.91 Å². The number of aryl methyl sites for hydroxylation is 1. The normalized spacial score (nSPS) is 11.5. The number of esters is 1. The van der Waals surface area contributed by atoms with Crippen LogP contribution in [-0.2, 0) is 9.53 Å². The lowest BCUT2D eigenvalue weighted by Crippen LogP contribution is -2.30. The average Bonchev–Trinajstić information content (AvgIpc) is 2.70. The van der Waals surface area contributed by atoms with Crippen molar-refractivity contribution in [3.63, 3.8) is 0 Å². The van der Waals surface area contributed by atoms with Crippen molar-refractivity contribution in [3.05, 3.63) is 59.7 Å². The minimum atomic E-state index is -0.900. The monoisotopic (exact) mass is 383 g/mol. The van der Waals surface area contributed by atoms with Crippen LogP contribution >= 0.6 is 0 Å². The van der Waals surface area contributed by atoms with Crippen LogP contribution in [-0.4, -0.2) is 24.6 Å². The maximum Gasteiger partial charge on any atom is 0.338 e. The second-order valence-corrected chi connectivity index (χ2v) is 6.84. The van der Waals surface area contributed by atoms with Crippen molar-refractivity contribution >= 4 is 17.6 Å². The van der Waals surface area contributed by atoms with Crippen molar-refractivity contribution < 1.29 is 19.1 Å². The van der Waals surface area contributed by atoms with Crippen LogP contribution in [0.25, 0.3) is 0 Å². The fraction of sp³-hybridized carbons (Fsp3) is 0.391. The van der Waals surface area contributed by atoms with Gasteiger partial charge in [-0.15, -0.1) is 0 Å². The second kappa shape index (κ2) is 11.1. The van der Waals surface area contributed by atoms with Gasteiger partial charge in [0.2, 0.25) is 0 Å². The molecule has 0 radical (unpaired) electrons. The van der Waals surface area contributed by atoms with Gasteiger partial charge in [0.15, 0.2) is 6.10 Å². The zero-order valence-corrected chi connectivity index (χ0v) is 16.9. The molecule has 0 aliphatic rings. The highest BCUT2D eigenvalue weighted by atomic mass is 16.5. The molecule has 0 heterocycles. The standard InChI is InChI=1S/C23H29NO4/c1-4-5-6-7-16-27-21-14-10-19(11-15-21)23(26)28-18(3)22(25)24-20-12-8-17(2)9-13-20/h8-15,18H,4-7,16H2,1-3H3,(H,24,25)/t18-/m0/s1. The fourth-order valence-electron chi connectivity index (χ4n) is 2.57. The Kier molecular flexibility index (Phi) is 8.53. The number of benzene rings is 2. The van der Waals surface area contributed by atoms with Crippen LogP contribution in [0.4, 0.5) is 5.69 Å². The van der Waals surface area contributed by atoms with Gasteiger partial charge in [-0.1, -0.05) is 43.9 Å². The van der Waals surface area contributed by atoms with E-state index in [4.69, 9.17) is 9.47 Å². The third-order valence-electron chi connectivity index (χ3n) is 4.33. The lowest BCUT2D eigenvalue weighted by atomic mass is 10.2.